The maximum absolute atomic E-state index is 12.2. The molecule has 162 valence electrons. The van der Waals surface area contributed by atoms with Gasteiger partial charge in [-0.2, -0.15) is 0 Å². The van der Waals surface area contributed by atoms with Crippen LogP contribution in [0.2, 0.25) is 0 Å². The molecule has 32 heavy (non-hydrogen) atoms. The largest absolute Gasteiger partial charge is 0.503 e. The van der Waals surface area contributed by atoms with Gasteiger partial charge < -0.3 is 19.5 Å². The zero-order chi connectivity index (χ0) is 22.5. The van der Waals surface area contributed by atoms with Crippen LogP contribution in [0.1, 0.15) is 24.4 Å². The summed E-state index contributed by atoms with van der Waals surface area (Å²) in [6.45, 7) is 2.34. The number of aromatic nitrogens is 2. The van der Waals surface area contributed by atoms with Crippen molar-refractivity contribution < 1.29 is 14.9 Å². The molecule has 2 heterocycles. The molecule has 0 aliphatic heterocycles. The van der Waals surface area contributed by atoms with E-state index in [2.05, 4.69) is 4.98 Å². The van der Waals surface area contributed by atoms with Crippen molar-refractivity contribution in [3.05, 3.63) is 107 Å². The molecule has 4 rings (SSSR count). The molecule has 1 unspecified atom stereocenters. The van der Waals surface area contributed by atoms with Gasteiger partial charge in [0.25, 0.3) is 0 Å². The Labute approximate surface area is 186 Å². The minimum absolute atomic E-state index is 0.133. The quantitative estimate of drug-likeness (QED) is 0.459. The van der Waals surface area contributed by atoms with E-state index in [0.29, 0.717) is 23.9 Å². The molecule has 0 spiro atoms. The molecular formula is C26H24N2O4. The van der Waals surface area contributed by atoms with Gasteiger partial charge in [-0.15, -0.1) is 0 Å². The van der Waals surface area contributed by atoms with E-state index in [-0.39, 0.29) is 12.2 Å². The van der Waals surface area contributed by atoms with Crippen molar-refractivity contribution in [1.82, 2.24) is 9.55 Å². The fourth-order valence-corrected chi connectivity index (χ4v) is 3.57. The Morgan fingerprint density at radius 3 is 2.50 bits per heavy atom. The van der Waals surface area contributed by atoms with E-state index in [1.54, 1.807) is 22.8 Å². The maximum Gasteiger partial charge on any atom is 0.223 e. The van der Waals surface area contributed by atoms with Gasteiger partial charge in [0.15, 0.2) is 5.75 Å². The van der Waals surface area contributed by atoms with Crippen LogP contribution in [-0.2, 0) is 6.42 Å². The highest BCUT2D eigenvalue weighted by molar-refractivity contribution is 5.66. The molecule has 2 aromatic heterocycles. The van der Waals surface area contributed by atoms with E-state index in [1.165, 1.54) is 12.3 Å². The van der Waals surface area contributed by atoms with Crippen LogP contribution < -0.4 is 10.2 Å². The molecule has 1 atom stereocenters. The van der Waals surface area contributed by atoms with Crippen LogP contribution in [0.4, 0.5) is 0 Å². The van der Waals surface area contributed by atoms with Crippen molar-refractivity contribution in [2.45, 2.75) is 19.4 Å². The topological polar surface area (TPSA) is 84.6 Å². The third-order valence-electron chi connectivity index (χ3n) is 5.12. The average molecular weight is 428 g/mol. The lowest BCUT2D eigenvalue weighted by Crippen LogP contribution is -2.15. The normalized spacial score (nSPS) is 11.8. The van der Waals surface area contributed by atoms with E-state index < -0.39 is 11.5 Å². The van der Waals surface area contributed by atoms with Crippen molar-refractivity contribution in [2.75, 3.05) is 6.61 Å². The summed E-state index contributed by atoms with van der Waals surface area (Å²) in [5.74, 6) is 0.0764. The lowest BCUT2D eigenvalue weighted by molar-refractivity contribution is 0.170. The van der Waals surface area contributed by atoms with Gasteiger partial charge in [-0.3, -0.25) is 4.79 Å². The predicted molar refractivity (Wildman–Crippen MR) is 123 cm³/mol. The predicted octanol–water partition coefficient (Wildman–Crippen LogP) is 4.28. The third kappa shape index (κ3) is 4.71. The van der Waals surface area contributed by atoms with Gasteiger partial charge in [-0.05, 0) is 36.2 Å². The Balaban J connectivity index is 1.71. The smallest absolute Gasteiger partial charge is 0.223 e. The monoisotopic (exact) mass is 428 g/mol. The number of aromatic hydroxyl groups is 1. The summed E-state index contributed by atoms with van der Waals surface area (Å²) in [5.41, 5.74) is 3.31. The van der Waals surface area contributed by atoms with Gasteiger partial charge >= 0.3 is 0 Å². The first-order chi connectivity index (χ1) is 15.5. The fourth-order valence-electron chi connectivity index (χ4n) is 3.57. The molecule has 0 saturated carbocycles. The molecule has 0 saturated heterocycles. The summed E-state index contributed by atoms with van der Waals surface area (Å²) in [5, 5.41) is 20.9. The molecule has 0 aliphatic rings. The first kappa shape index (κ1) is 21.3. The molecule has 0 radical (unpaired) electrons. The van der Waals surface area contributed by atoms with Gasteiger partial charge in [0.2, 0.25) is 11.3 Å². The first-order valence-corrected chi connectivity index (χ1v) is 10.4. The van der Waals surface area contributed by atoms with Gasteiger partial charge in [-0.1, -0.05) is 48.5 Å². The maximum atomic E-state index is 12.2. The van der Waals surface area contributed by atoms with E-state index in [1.807, 2.05) is 61.5 Å². The van der Waals surface area contributed by atoms with Crippen LogP contribution >= 0.6 is 0 Å². The second-order valence-corrected chi connectivity index (χ2v) is 7.35. The molecule has 0 fully saturated rings. The van der Waals surface area contributed by atoms with E-state index >= 15 is 0 Å². The van der Waals surface area contributed by atoms with Crippen molar-refractivity contribution >= 4 is 0 Å². The zero-order valence-electron chi connectivity index (χ0n) is 17.7. The average Bonchev–Trinajstić information content (AvgIpc) is 2.82. The number of aliphatic hydroxyl groups excluding tert-OH is 1. The van der Waals surface area contributed by atoms with Gasteiger partial charge in [-0.25, -0.2) is 4.98 Å². The van der Waals surface area contributed by atoms with Crippen LogP contribution in [0.5, 0.6) is 11.6 Å². The number of benzene rings is 2. The number of ether oxygens (including phenoxy) is 1. The van der Waals surface area contributed by atoms with E-state index in [4.69, 9.17) is 4.74 Å². The van der Waals surface area contributed by atoms with Crippen molar-refractivity contribution in [3.63, 3.8) is 0 Å². The summed E-state index contributed by atoms with van der Waals surface area (Å²) in [4.78, 5) is 16.5. The van der Waals surface area contributed by atoms with Crippen LogP contribution in [0.25, 0.3) is 16.8 Å². The van der Waals surface area contributed by atoms with Crippen molar-refractivity contribution in [2.24, 2.45) is 0 Å². The number of nitrogens with zero attached hydrogens (tertiary/aromatic N) is 2. The molecule has 6 heteroatoms. The van der Waals surface area contributed by atoms with Gasteiger partial charge in [0, 0.05) is 29.9 Å². The Kier molecular flexibility index (Phi) is 6.33. The summed E-state index contributed by atoms with van der Waals surface area (Å²) in [7, 11) is 0. The number of hydrogen-bond acceptors (Lipinski definition) is 5. The second kappa shape index (κ2) is 9.49. The molecule has 0 aliphatic carbocycles. The first-order valence-electron chi connectivity index (χ1n) is 10.4. The number of aliphatic hydroxyl groups is 1. The molecule has 4 aromatic rings. The van der Waals surface area contributed by atoms with Crippen molar-refractivity contribution in [3.8, 4) is 28.4 Å². The molecule has 6 nitrogen and oxygen atoms in total. The molecule has 0 amide bonds. The minimum atomic E-state index is -0.956. The summed E-state index contributed by atoms with van der Waals surface area (Å²) in [6.07, 6.45) is 0.564. The molecule has 2 N–H and O–H groups in total. The third-order valence-corrected chi connectivity index (χ3v) is 5.12. The molecular weight excluding hydrogens is 404 g/mol. The van der Waals surface area contributed by atoms with Crippen LogP contribution in [0, 0.1) is 0 Å². The Bertz CT molecular complexity index is 1270. The van der Waals surface area contributed by atoms with Crippen LogP contribution in [0.15, 0.2) is 89.9 Å². The standard InChI is InChI=1S/C26H24N2O4/c1-2-32-26-13-7-12-22(27-26)23(29)15-21-16-24(30)25(31)17-28(21)20-11-6-10-19(14-20)18-8-4-3-5-9-18/h3-14,16-17,23,29,31H,2,15H2,1H3. The Morgan fingerprint density at radius 2 is 1.72 bits per heavy atom. The number of rotatable bonds is 7. The molecule has 0 bridgehead atoms. The Hall–Kier alpha value is -3.90. The van der Waals surface area contributed by atoms with Gasteiger partial charge in [0.05, 0.1) is 18.5 Å². The Morgan fingerprint density at radius 1 is 0.969 bits per heavy atom. The number of hydrogen-bond donors (Lipinski definition) is 2. The fraction of sp³-hybridized carbons (Fsp3) is 0.154. The lowest BCUT2D eigenvalue weighted by atomic mass is 10.0. The minimum Gasteiger partial charge on any atom is -0.503 e. The zero-order valence-corrected chi connectivity index (χ0v) is 17.7. The summed E-state index contributed by atoms with van der Waals surface area (Å²) >= 11 is 0. The number of pyridine rings is 2. The highest BCUT2D eigenvalue weighted by atomic mass is 16.5. The summed E-state index contributed by atoms with van der Waals surface area (Å²) in [6, 6.07) is 24.3. The summed E-state index contributed by atoms with van der Waals surface area (Å²) < 4.78 is 7.14. The van der Waals surface area contributed by atoms with Crippen molar-refractivity contribution in [1.29, 1.82) is 0 Å². The highest BCUT2D eigenvalue weighted by Crippen LogP contribution is 2.25. The van der Waals surface area contributed by atoms with Gasteiger partial charge in [0.1, 0.15) is 6.10 Å². The van der Waals surface area contributed by atoms with E-state index in [9.17, 15) is 15.0 Å². The highest BCUT2D eigenvalue weighted by Gasteiger charge is 2.16. The van der Waals surface area contributed by atoms with Crippen LogP contribution in [-0.4, -0.2) is 26.4 Å². The van der Waals surface area contributed by atoms with E-state index in [0.717, 1.165) is 16.8 Å². The SMILES string of the molecule is CCOc1cccc(C(O)Cc2cc(=O)c(O)cn2-c2cccc(-c3ccccc3)c2)n1. The van der Waals surface area contributed by atoms with Crippen LogP contribution in [0.3, 0.4) is 0 Å². The lowest BCUT2D eigenvalue weighted by Gasteiger charge is -2.18. The second-order valence-electron chi connectivity index (χ2n) is 7.35. The molecule has 2 aromatic carbocycles.